The maximum Gasteiger partial charge on any atom is 0.388 e. The summed E-state index contributed by atoms with van der Waals surface area (Å²) in [6.07, 6.45) is 4.99. The molecule has 3 aromatic rings. The van der Waals surface area contributed by atoms with Crippen LogP contribution in [0.2, 0.25) is 0 Å². The van der Waals surface area contributed by atoms with Gasteiger partial charge in [0.15, 0.2) is 0 Å². The number of rotatable bonds is 10. The first-order chi connectivity index (χ1) is 19.6. The van der Waals surface area contributed by atoms with E-state index in [1.807, 2.05) is 0 Å². The standard InChI is InChI=1S/C25H28F4N8O3S/c1-36-17(9-18(35-36)40-23(26)27)32-24-34-31-11-37(24)14-4-5-16-15(8-14)19(22(41-16)33-20(38)12-2-3-12)21(39)30-10-13-6-7-25(13,28)29/h9,11-14,23H,2-8,10H2,1H3,(H,30,39)(H,32,34)(H,33,38)/t13?,14-/m0/s1. The zero-order valence-electron chi connectivity index (χ0n) is 22.0. The Labute approximate surface area is 235 Å². The average molecular weight is 597 g/mol. The van der Waals surface area contributed by atoms with Crippen LogP contribution >= 0.6 is 11.3 Å². The van der Waals surface area contributed by atoms with E-state index in [1.165, 1.54) is 28.4 Å². The lowest BCUT2D eigenvalue weighted by Gasteiger charge is -2.36. The molecular weight excluding hydrogens is 568 g/mol. The largest absolute Gasteiger partial charge is 0.415 e. The molecule has 3 aliphatic carbocycles. The van der Waals surface area contributed by atoms with E-state index in [4.69, 9.17) is 0 Å². The SMILES string of the molecule is Cn1nc(OC(F)F)cc1Nc1nncn1[C@H]1CCc2sc(NC(=O)C3CC3)c(C(=O)NCC3CCC3(F)F)c2C1. The van der Waals surface area contributed by atoms with Gasteiger partial charge >= 0.3 is 6.61 Å². The third-order valence-electron chi connectivity index (χ3n) is 7.85. The summed E-state index contributed by atoms with van der Waals surface area (Å²) in [6, 6.07) is 1.13. The molecule has 3 heterocycles. The first-order valence-electron chi connectivity index (χ1n) is 13.4. The molecule has 0 saturated heterocycles. The maximum atomic E-state index is 13.8. The average Bonchev–Trinajstić information content (AvgIpc) is 3.43. The summed E-state index contributed by atoms with van der Waals surface area (Å²) < 4.78 is 60.4. The molecule has 2 atom stereocenters. The summed E-state index contributed by atoms with van der Waals surface area (Å²) >= 11 is 1.35. The van der Waals surface area contributed by atoms with Crippen molar-refractivity contribution in [2.45, 2.75) is 63.5 Å². The number of carbonyl (C=O) groups excluding carboxylic acids is 2. The van der Waals surface area contributed by atoms with E-state index in [0.717, 1.165) is 23.3 Å². The third kappa shape index (κ3) is 5.61. The van der Waals surface area contributed by atoms with Crippen molar-refractivity contribution < 1.29 is 31.9 Å². The number of amides is 2. The van der Waals surface area contributed by atoms with Gasteiger partial charge in [0.05, 0.1) is 5.56 Å². The highest BCUT2D eigenvalue weighted by Gasteiger charge is 2.48. The van der Waals surface area contributed by atoms with Crippen molar-refractivity contribution in [3.63, 3.8) is 0 Å². The summed E-state index contributed by atoms with van der Waals surface area (Å²) in [6.45, 7) is -3.16. The molecule has 0 radical (unpaired) electrons. The number of hydrogen-bond acceptors (Lipinski definition) is 8. The molecule has 2 fully saturated rings. The highest BCUT2D eigenvalue weighted by Crippen LogP contribution is 2.44. The Kier molecular flexibility index (Phi) is 7.11. The lowest BCUT2D eigenvalue weighted by molar-refractivity contribution is -0.129. The van der Waals surface area contributed by atoms with Gasteiger partial charge in [-0.2, -0.15) is 8.78 Å². The van der Waals surface area contributed by atoms with Crippen molar-refractivity contribution >= 4 is 39.9 Å². The van der Waals surface area contributed by atoms with Gasteiger partial charge in [-0.15, -0.1) is 26.6 Å². The van der Waals surface area contributed by atoms with E-state index in [1.54, 1.807) is 11.6 Å². The normalized spacial score (nSPS) is 21.2. The van der Waals surface area contributed by atoms with Crippen molar-refractivity contribution in [2.75, 3.05) is 17.2 Å². The zero-order valence-corrected chi connectivity index (χ0v) is 22.8. The van der Waals surface area contributed by atoms with Gasteiger partial charge in [0.25, 0.3) is 11.8 Å². The summed E-state index contributed by atoms with van der Waals surface area (Å²) in [5.74, 6) is -3.96. The molecule has 16 heteroatoms. The first kappa shape index (κ1) is 27.5. The number of alkyl halides is 4. The van der Waals surface area contributed by atoms with Crippen LogP contribution in [0.5, 0.6) is 5.88 Å². The van der Waals surface area contributed by atoms with Gasteiger partial charge in [-0.25, -0.2) is 13.5 Å². The molecule has 1 unspecified atom stereocenters. The van der Waals surface area contributed by atoms with Gasteiger partial charge < -0.3 is 20.7 Å². The Bertz CT molecular complexity index is 1470. The van der Waals surface area contributed by atoms with Crippen molar-refractivity contribution in [3.8, 4) is 5.88 Å². The van der Waals surface area contributed by atoms with Gasteiger partial charge in [-0.1, -0.05) is 0 Å². The zero-order chi connectivity index (χ0) is 28.9. The number of thiophene rings is 1. The van der Waals surface area contributed by atoms with E-state index in [9.17, 15) is 27.2 Å². The molecule has 6 rings (SSSR count). The predicted molar refractivity (Wildman–Crippen MR) is 140 cm³/mol. The molecule has 3 aliphatic rings. The molecule has 220 valence electrons. The van der Waals surface area contributed by atoms with Crippen molar-refractivity contribution in [1.82, 2.24) is 29.9 Å². The molecule has 0 bridgehead atoms. The maximum absolute atomic E-state index is 13.8. The van der Waals surface area contributed by atoms with E-state index in [2.05, 4.69) is 36.0 Å². The Morgan fingerprint density at radius 1 is 1.24 bits per heavy atom. The predicted octanol–water partition coefficient (Wildman–Crippen LogP) is 4.27. The van der Waals surface area contributed by atoms with Crippen LogP contribution in [0.25, 0.3) is 0 Å². The van der Waals surface area contributed by atoms with Gasteiger partial charge in [0, 0.05) is 48.8 Å². The number of nitrogens with one attached hydrogen (secondary N) is 3. The summed E-state index contributed by atoms with van der Waals surface area (Å²) in [7, 11) is 1.56. The molecule has 0 spiro atoms. The molecule has 0 aromatic carbocycles. The van der Waals surface area contributed by atoms with Crippen LogP contribution in [0.1, 0.15) is 58.9 Å². The summed E-state index contributed by atoms with van der Waals surface area (Å²) in [5.41, 5.74) is 1.07. The molecule has 2 saturated carbocycles. The smallest absolute Gasteiger partial charge is 0.388 e. The molecule has 0 aliphatic heterocycles. The number of aromatic nitrogens is 5. The molecule has 11 nitrogen and oxygen atoms in total. The van der Waals surface area contributed by atoms with E-state index in [0.29, 0.717) is 48.0 Å². The van der Waals surface area contributed by atoms with Crippen LogP contribution in [0, 0.1) is 11.8 Å². The number of anilines is 3. The fourth-order valence-electron chi connectivity index (χ4n) is 5.23. The molecule has 3 aromatic heterocycles. The number of nitrogens with zero attached hydrogens (tertiary/aromatic N) is 5. The lowest BCUT2D eigenvalue weighted by atomic mass is 9.80. The van der Waals surface area contributed by atoms with Crippen LogP contribution < -0.4 is 20.7 Å². The second-order valence-corrected chi connectivity index (χ2v) is 11.7. The van der Waals surface area contributed by atoms with Crippen molar-refractivity contribution in [3.05, 3.63) is 28.4 Å². The quantitative estimate of drug-likeness (QED) is 0.298. The minimum absolute atomic E-state index is 0.0734. The first-order valence-corrected chi connectivity index (χ1v) is 14.2. The minimum atomic E-state index is -3.01. The number of hydrogen-bond donors (Lipinski definition) is 3. The third-order valence-corrected chi connectivity index (χ3v) is 9.06. The number of fused-ring (bicyclic) bond motifs is 1. The van der Waals surface area contributed by atoms with Gasteiger partial charge in [0.2, 0.25) is 17.7 Å². The van der Waals surface area contributed by atoms with Crippen LogP contribution in [0.4, 0.5) is 34.3 Å². The topological polar surface area (TPSA) is 128 Å². The summed E-state index contributed by atoms with van der Waals surface area (Å²) in [5, 5.41) is 21.1. The van der Waals surface area contributed by atoms with Crippen molar-refractivity contribution in [1.29, 1.82) is 0 Å². The minimum Gasteiger partial charge on any atom is -0.415 e. The Morgan fingerprint density at radius 2 is 2.05 bits per heavy atom. The monoisotopic (exact) mass is 596 g/mol. The van der Waals surface area contributed by atoms with Crippen molar-refractivity contribution in [2.24, 2.45) is 18.9 Å². The number of aryl methyl sites for hydroxylation is 2. The second-order valence-electron chi connectivity index (χ2n) is 10.6. The van der Waals surface area contributed by atoms with Gasteiger partial charge in [-0.3, -0.25) is 14.2 Å². The lowest BCUT2D eigenvalue weighted by Crippen LogP contribution is -2.46. The van der Waals surface area contributed by atoms with Crippen LogP contribution in [-0.2, 0) is 24.7 Å². The van der Waals surface area contributed by atoms with Crippen LogP contribution in [-0.4, -0.2) is 55.4 Å². The number of ether oxygens (including phenoxy) is 1. The molecule has 41 heavy (non-hydrogen) atoms. The number of halogens is 4. The highest BCUT2D eigenvalue weighted by atomic mass is 32.1. The molecular formula is C25H28F4N8O3S. The Morgan fingerprint density at radius 3 is 2.73 bits per heavy atom. The fraction of sp³-hybridized carbons (Fsp3) is 0.560. The number of carbonyl (C=O) groups is 2. The van der Waals surface area contributed by atoms with Gasteiger partial charge in [0.1, 0.15) is 17.1 Å². The van der Waals surface area contributed by atoms with E-state index in [-0.39, 0.29) is 36.7 Å². The van der Waals surface area contributed by atoms with Crippen LogP contribution in [0.15, 0.2) is 12.4 Å². The molecule has 2 amide bonds. The van der Waals surface area contributed by atoms with E-state index >= 15 is 0 Å². The fourth-order valence-corrected chi connectivity index (χ4v) is 6.48. The Balaban J connectivity index is 1.23. The Hall–Kier alpha value is -3.69. The highest BCUT2D eigenvalue weighted by molar-refractivity contribution is 7.17. The van der Waals surface area contributed by atoms with Crippen LogP contribution in [0.3, 0.4) is 0 Å². The van der Waals surface area contributed by atoms with E-state index < -0.39 is 24.4 Å². The summed E-state index contributed by atoms with van der Waals surface area (Å²) in [4.78, 5) is 27.0. The second kappa shape index (κ2) is 10.6. The molecule has 3 N–H and O–H groups in total. The van der Waals surface area contributed by atoms with Gasteiger partial charge in [-0.05, 0) is 44.1 Å².